The molecule has 254 valence electrons. The number of fused-ring (bicyclic) bond motifs is 1. The van der Waals surface area contributed by atoms with Crippen LogP contribution in [0.15, 0.2) is 60.8 Å². The zero-order valence-electron chi connectivity index (χ0n) is 28.4. The molecule has 11 nitrogen and oxygen atoms in total. The van der Waals surface area contributed by atoms with Crippen LogP contribution in [-0.4, -0.2) is 48.0 Å². The summed E-state index contributed by atoms with van der Waals surface area (Å²) in [5.74, 6) is 0.0656. The van der Waals surface area contributed by atoms with Gasteiger partial charge in [0.05, 0.1) is 63.5 Å². The van der Waals surface area contributed by atoms with Crippen LogP contribution in [0, 0.1) is 10.2 Å². The number of hydrogen-bond acceptors (Lipinski definition) is 8. The lowest BCUT2D eigenvalue weighted by Crippen LogP contribution is -2.68. The minimum atomic E-state index is -4.94. The largest absolute Gasteiger partial charge is 0.376 e. The Morgan fingerprint density at radius 3 is 1.77 bits per heavy atom. The topological polar surface area (TPSA) is 172 Å². The minimum Gasteiger partial charge on any atom is -0.376 e. The van der Waals surface area contributed by atoms with Gasteiger partial charge in [0.1, 0.15) is 0 Å². The van der Waals surface area contributed by atoms with Crippen molar-refractivity contribution in [3.63, 3.8) is 0 Å². The third kappa shape index (κ3) is 7.63. The Morgan fingerprint density at radius 1 is 0.809 bits per heavy atom. The average molecular weight is 700 g/mol. The molecule has 0 fully saturated rings. The summed E-state index contributed by atoms with van der Waals surface area (Å²) in [6.45, 7) is 19.5. The molecule has 0 saturated heterocycles. The molecule has 4 atom stereocenters. The highest BCUT2D eigenvalue weighted by atomic mass is 35.7. The van der Waals surface area contributed by atoms with Crippen molar-refractivity contribution in [2.24, 2.45) is 0 Å². The van der Waals surface area contributed by atoms with Crippen molar-refractivity contribution >= 4 is 16.1 Å². The summed E-state index contributed by atoms with van der Waals surface area (Å²) in [4.78, 5) is 0. The van der Waals surface area contributed by atoms with Gasteiger partial charge in [-0.1, -0.05) is 69.6 Å². The molecular weight excluding hydrogens is 654 g/mol. The maximum absolute atomic E-state index is 8.49. The highest BCUT2D eigenvalue weighted by Crippen LogP contribution is 2.58. The van der Waals surface area contributed by atoms with E-state index in [1.165, 1.54) is 16.8 Å². The van der Waals surface area contributed by atoms with Crippen molar-refractivity contribution in [2.75, 3.05) is 0 Å². The lowest BCUT2D eigenvalue weighted by Gasteiger charge is -2.47. The Bertz CT molecular complexity index is 1560. The normalized spacial score (nSPS) is 21.8. The molecule has 7 rings (SSSR count). The maximum atomic E-state index is 8.49. The molecule has 2 aliphatic heterocycles. The fourth-order valence-electron chi connectivity index (χ4n) is 6.43. The number of pyridine rings is 1. The van der Waals surface area contributed by atoms with Gasteiger partial charge in [0.15, 0.2) is 17.9 Å². The summed E-state index contributed by atoms with van der Waals surface area (Å²) in [5.41, 5.74) is 8.19. The molecule has 14 heteroatoms. The average Bonchev–Trinajstić information content (AvgIpc) is 3.67. The third-order valence-electron chi connectivity index (χ3n) is 9.82. The Labute approximate surface area is 280 Å². The van der Waals surface area contributed by atoms with Crippen LogP contribution in [0.2, 0.25) is 39.3 Å². The monoisotopic (exact) mass is 699 g/mol. The van der Waals surface area contributed by atoms with Gasteiger partial charge < -0.3 is 9.47 Å². The first-order valence-corrected chi connectivity index (χ1v) is 24.3. The van der Waals surface area contributed by atoms with Gasteiger partial charge in [-0.3, -0.25) is 10.2 Å². The molecule has 5 heterocycles. The van der Waals surface area contributed by atoms with Gasteiger partial charge in [0, 0.05) is 35.6 Å². The van der Waals surface area contributed by atoms with Gasteiger partial charge in [-0.2, -0.15) is 14.8 Å². The molecule has 0 saturated carbocycles. The van der Waals surface area contributed by atoms with Crippen molar-refractivity contribution < 1.29 is 42.9 Å². The smallest absolute Gasteiger partial charge is 0.190 e. The Hall–Kier alpha value is -2.73. The molecule has 4 aromatic rings. The van der Waals surface area contributed by atoms with E-state index in [4.69, 9.17) is 38.3 Å². The fraction of sp³-hybridized carbons (Fsp3) is 0.485. The number of H-pyrrole nitrogens is 2. The lowest BCUT2D eigenvalue weighted by atomic mass is 9.55. The summed E-state index contributed by atoms with van der Waals surface area (Å²) in [7, 11) is -7.76. The first-order valence-electron chi connectivity index (χ1n) is 15.9. The summed E-state index contributed by atoms with van der Waals surface area (Å²) in [5, 5.41) is 16.8. The van der Waals surface area contributed by atoms with Crippen molar-refractivity contribution in [3.05, 3.63) is 100 Å². The molecule has 2 N–H and O–H groups in total. The number of aromatic nitrogens is 5. The zero-order chi connectivity index (χ0) is 34.4. The number of benzene rings is 1. The quantitative estimate of drug-likeness (QED) is 0.186. The highest BCUT2D eigenvalue weighted by Gasteiger charge is 2.61. The second-order valence-corrected chi connectivity index (χ2v) is 26.7. The van der Waals surface area contributed by atoms with E-state index < -0.39 is 31.8 Å². The molecule has 0 amide bonds. The van der Waals surface area contributed by atoms with Crippen molar-refractivity contribution in [2.45, 2.75) is 102 Å². The standard InChI is InChI=1S/C33H46N5O2Si2.ClHO4/c1-22(41(3,4)5)39-20-24-17-30(36-34-24)33(31-18-25(35-37-31)21-40-23(2)42(6,7)8)19-29-26-13-9-10-14-27(26)32(33)28-15-11-12-16-38(28)29;2-1(3,4)5/h9-18,22-23,29,32H,19-21H2,1-8H3,(H,34,36)(H,35,37);(H,2,3,4,5)/q+1;/p-1. The van der Waals surface area contributed by atoms with E-state index in [2.05, 4.69) is 129 Å². The van der Waals surface area contributed by atoms with Crippen molar-refractivity contribution in [3.8, 4) is 0 Å². The van der Waals surface area contributed by atoms with Gasteiger partial charge in [0.25, 0.3) is 0 Å². The number of hydrogen-bond donors (Lipinski definition) is 2. The van der Waals surface area contributed by atoms with Crippen LogP contribution in [-0.2, 0) is 28.1 Å². The minimum absolute atomic E-state index is 0.0656. The molecule has 47 heavy (non-hydrogen) atoms. The number of nitrogens with zero attached hydrogens (tertiary/aromatic N) is 3. The lowest BCUT2D eigenvalue weighted by molar-refractivity contribution is -2.00. The predicted octanol–water partition coefficient (Wildman–Crippen LogP) is 1.65. The molecule has 2 bridgehead atoms. The summed E-state index contributed by atoms with van der Waals surface area (Å²) in [6, 6.07) is 20.1. The molecule has 0 spiro atoms. The van der Waals surface area contributed by atoms with Gasteiger partial charge in [0.2, 0.25) is 0 Å². The Kier molecular flexibility index (Phi) is 10.1. The van der Waals surface area contributed by atoms with Crippen LogP contribution in [0.25, 0.3) is 0 Å². The second-order valence-electron chi connectivity index (χ2n) is 14.9. The summed E-state index contributed by atoms with van der Waals surface area (Å²) in [6.07, 6.45) is 3.11. The Balaban J connectivity index is 0.000000807. The Morgan fingerprint density at radius 2 is 1.28 bits per heavy atom. The van der Waals surface area contributed by atoms with E-state index in [1.807, 2.05) is 0 Å². The third-order valence-corrected chi connectivity index (χ3v) is 15.0. The molecule has 4 unspecified atom stereocenters. The second kappa shape index (κ2) is 13.3. The molecule has 0 radical (unpaired) electrons. The number of aromatic amines is 2. The van der Waals surface area contributed by atoms with E-state index >= 15 is 0 Å². The molecule has 1 aliphatic carbocycles. The van der Waals surface area contributed by atoms with E-state index in [-0.39, 0.29) is 23.4 Å². The fourth-order valence-corrected chi connectivity index (χ4v) is 7.59. The van der Waals surface area contributed by atoms with E-state index in [0.717, 1.165) is 29.2 Å². The molecule has 1 aromatic carbocycles. The van der Waals surface area contributed by atoms with Crippen LogP contribution in [0.3, 0.4) is 0 Å². The van der Waals surface area contributed by atoms with E-state index in [1.54, 1.807) is 0 Å². The van der Waals surface area contributed by atoms with Crippen LogP contribution < -0.4 is 23.2 Å². The van der Waals surface area contributed by atoms with Gasteiger partial charge in [-0.15, -0.1) is 10.2 Å². The maximum Gasteiger partial charge on any atom is 0.190 e. The predicted molar refractivity (Wildman–Crippen MR) is 171 cm³/mol. The van der Waals surface area contributed by atoms with Crippen LogP contribution in [0.1, 0.15) is 71.8 Å². The summed E-state index contributed by atoms with van der Waals surface area (Å²) < 4.78 is 49.1. The van der Waals surface area contributed by atoms with Crippen molar-refractivity contribution in [1.82, 2.24) is 20.4 Å². The highest BCUT2D eigenvalue weighted by molar-refractivity contribution is 6.77. The number of nitrogens with one attached hydrogen (secondary N) is 2. The SMILES string of the molecule is CC(OCc1cc(C2(c3cc(COC(C)[Si](C)(C)C)[nH]n3)CC3c4ccccc4C2c2cccc[n+]23)n[nH]1)[Si](C)(C)C.[O-][Cl+3]([O-])([O-])[O-]. The zero-order valence-corrected chi connectivity index (χ0v) is 31.1. The number of rotatable bonds is 10. The van der Waals surface area contributed by atoms with E-state index in [9.17, 15) is 0 Å². The van der Waals surface area contributed by atoms with E-state index in [0.29, 0.717) is 13.2 Å². The molecular formula is C33H46ClN5O6Si2. The summed E-state index contributed by atoms with van der Waals surface area (Å²) >= 11 is 0. The number of halogens is 1. The number of ether oxygens (including phenoxy) is 2. The van der Waals surface area contributed by atoms with Gasteiger partial charge >= 0.3 is 0 Å². The van der Waals surface area contributed by atoms with Gasteiger partial charge in [-0.25, -0.2) is 18.6 Å². The van der Waals surface area contributed by atoms with Crippen LogP contribution in [0.4, 0.5) is 0 Å². The van der Waals surface area contributed by atoms with Crippen LogP contribution >= 0.6 is 0 Å². The van der Waals surface area contributed by atoms with Gasteiger partial charge in [-0.05, 0) is 31.5 Å². The van der Waals surface area contributed by atoms with Crippen molar-refractivity contribution in [1.29, 1.82) is 0 Å². The first-order chi connectivity index (χ1) is 21.9. The molecule has 3 aromatic heterocycles. The molecule has 3 aliphatic rings. The first kappa shape index (κ1) is 35.6. The van der Waals surface area contributed by atoms with Crippen LogP contribution in [0.5, 0.6) is 0 Å².